The van der Waals surface area contributed by atoms with Gasteiger partial charge < -0.3 is 5.32 Å². The number of aryl methyl sites for hydroxylation is 1. The molecule has 0 amide bonds. The van der Waals surface area contributed by atoms with E-state index in [-0.39, 0.29) is 5.82 Å². The molecule has 96 valence electrons. The zero-order chi connectivity index (χ0) is 13.1. The molecule has 2 aromatic rings. The topological polar surface area (TPSA) is 29.9 Å². The van der Waals surface area contributed by atoms with Crippen molar-refractivity contribution in [2.75, 3.05) is 6.54 Å². The minimum Gasteiger partial charge on any atom is -0.311 e. The molecule has 18 heavy (non-hydrogen) atoms. The van der Waals surface area contributed by atoms with E-state index in [1.54, 1.807) is 17.7 Å². The number of nitrogens with one attached hydrogen (secondary N) is 1. The van der Waals surface area contributed by atoms with Crippen LogP contribution in [0.1, 0.15) is 18.2 Å². The predicted octanol–water partition coefficient (Wildman–Crippen LogP) is 3.08. The first-order valence-electron chi connectivity index (χ1n) is 5.83. The number of benzene rings is 1. The van der Waals surface area contributed by atoms with Crippen LogP contribution in [0.3, 0.4) is 0 Å². The summed E-state index contributed by atoms with van der Waals surface area (Å²) >= 11 is 6.03. The third-order valence-corrected chi connectivity index (χ3v) is 2.98. The van der Waals surface area contributed by atoms with Crippen molar-refractivity contribution in [3.63, 3.8) is 0 Å². The molecule has 0 radical (unpaired) electrons. The highest BCUT2D eigenvalue weighted by molar-refractivity contribution is 6.32. The second-order valence-electron chi connectivity index (χ2n) is 4.08. The van der Waals surface area contributed by atoms with Crippen molar-refractivity contribution in [2.24, 2.45) is 0 Å². The molecule has 0 fully saturated rings. The van der Waals surface area contributed by atoms with Gasteiger partial charge in [0.15, 0.2) is 0 Å². The van der Waals surface area contributed by atoms with Gasteiger partial charge in [-0.1, -0.05) is 18.5 Å². The fraction of sp³-hybridized carbons (Fsp3) is 0.308. The maximum absolute atomic E-state index is 13.3. The first-order valence-corrected chi connectivity index (χ1v) is 6.21. The number of rotatable bonds is 4. The average Bonchev–Trinajstić information content (AvgIpc) is 2.79. The lowest BCUT2D eigenvalue weighted by Crippen LogP contribution is -2.12. The van der Waals surface area contributed by atoms with Gasteiger partial charge in [-0.15, -0.1) is 0 Å². The summed E-state index contributed by atoms with van der Waals surface area (Å²) in [5.41, 5.74) is 2.17. The average molecular weight is 268 g/mol. The first kappa shape index (κ1) is 13.1. The van der Waals surface area contributed by atoms with Crippen LogP contribution in [0.15, 0.2) is 24.4 Å². The SMILES string of the molecule is CCNCc1ccn(-c2cc(C)c(F)cc2Cl)n1. The highest BCUT2D eigenvalue weighted by atomic mass is 35.5. The Morgan fingerprint density at radius 2 is 2.22 bits per heavy atom. The summed E-state index contributed by atoms with van der Waals surface area (Å²) in [6.07, 6.45) is 1.82. The largest absolute Gasteiger partial charge is 0.311 e. The van der Waals surface area contributed by atoms with Crippen molar-refractivity contribution >= 4 is 11.6 Å². The lowest BCUT2D eigenvalue weighted by molar-refractivity contribution is 0.617. The molecule has 0 aliphatic carbocycles. The van der Waals surface area contributed by atoms with E-state index >= 15 is 0 Å². The molecule has 0 spiro atoms. The standard InChI is InChI=1S/C13H15ClFN3/c1-3-16-8-10-4-5-18(17-10)13-6-9(2)12(15)7-11(13)14/h4-7,16H,3,8H2,1-2H3. The van der Waals surface area contributed by atoms with E-state index in [1.165, 1.54) is 6.07 Å². The molecule has 0 atom stereocenters. The van der Waals surface area contributed by atoms with Crippen LogP contribution < -0.4 is 5.32 Å². The van der Waals surface area contributed by atoms with Gasteiger partial charge in [-0.3, -0.25) is 0 Å². The quantitative estimate of drug-likeness (QED) is 0.923. The molecule has 0 bridgehead atoms. The summed E-state index contributed by atoms with van der Waals surface area (Å²) in [7, 11) is 0. The van der Waals surface area contributed by atoms with Gasteiger partial charge in [-0.2, -0.15) is 5.10 Å². The number of hydrogen-bond donors (Lipinski definition) is 1. The highest BCUT2D eigenvalue weighted by Gasteiger charge is 2.09. The van der Waals surface area contributed by atoms with E-state index in [0.717, 1.165) is 12.2 Å². The molecule has 0 saturated heterocycles. The van der Waals surface area contributed by atoms with E-state index in [1.807, 2.05) is 19.2 Å². The van der Waals surface area contributed by atoms with Crippen molar-refractivity contribution in [2.45, 2.75) is 20.4 Å². The van der Waals surface area contributed by atoms with Crippen molar-refractivity contribution in [1.29, 1.82) is 0 Å². The Balaban J connectivity index is 2.31. The van der Waals surface area contributed by atoms with Gasteiger partial charge in [-0.25, -0.2) is 9.07 Å². The van der Waals surface area contributed by atoms with E-state index in [9.17, 15) is 4.39 Å². The third-order valence-electron chi connectivity index (χ3n) is 2.68. The molecule has 1 N–H and O–H groups in total. The van der Waals surface area contributed by atoms with Crippen LogP contribution in [-0.4, -0.2) is 16.3 Å². The Labute approximate surface area is 111 Å². The minimum atomic E-state index is -0.302. The van der Waals surface area contributed by atoms with Crippen LogP contribution in [0.4, 0.5) is 4.39 Å². The monoisotopic (exact) mass is 267 g/mol. The molecule has 0 unspecified atom stereocenters. The predicted molar refractivity (Wildman–Crippen MR) is 70.6 cm³/mol. The molecule has 2 rings (SSSR count). The molecule has 3 nitrogen and oxygen atoms in total. The molecule has 1 heterocycles. The molecular weight excluding hydrogens is 253 g/mol. The highest BCUT2D eigenvalue weighted by Crippen LogP contribution is 2.23. The van der Waals surface area contributed by atoms with Gasteiger partial charge in [0.2, 0.25) is 0 Å². The summed E-state index contributed by atoms with van der Waals surface area (Å²) < 4.78 is 15.0. The van der Waals surface area contributed by atoms with Gasteiger partial charge in [0.25, 0.3) is 0 Å². The van der Waals surface area contributed by atoms with Crippen molar-refractivity contribution < 1.29 is 4.39 Å². The fourth-order valence-electron chi connectivity index (χ4n) is 1.66. The molecule has 1 aromatic heterocycles. The molecule has 5 heteroatoms. The summed E-state index contributed by atoms with van der Waals surface area (Å²) in [5.74, 6) is -0.302. The number of nitrogens with zero attached hydrogens (tertiary/aromatic N) is 2. The second-order valence-corrected chi connectivity index (χ2v) is 4.49. The summed E-state index contributed by atoms with van der Waals surface area (Å²) in [6, 6.07) is 4.93. The number of halogens is 2. The van der Waals surface area contributed by atoms with Crippen molar-refractivity contribution in [3.05, 3.63) is 46.5 Å². The smallest absolute Gasteiger partial charge is 0.127 e. The van der Waals surface area contributed by atoms with E-state index < -0.39 is 0 Å². The Bertz CT molecular complexity index is 551. The Hall–Kier alpha value is -1.39. The van der Waals surface area contributed by atoms with Crippen LogP contribution in [0.5, 0.6) is 0 Å². The number of hydrogen-bond acceptors (Lipinski definition) is 2. The van der Waals surface area contributed by atoms with E-state index in [4.69, 9.17) is 11.6 Å². The normalized spacial score (nSPS) is 10.9. The Kier molecular flexibility index (Phi) is 3.99. The zero-order valence-corrected chi connectivity index (χ0v) is 11.1. The number of aromatic nitrogens is 2. The molecule has 1 aromatic carbocycles. The molecular formula is C13H15ClFN3. The Morgan fingerprint density at radius 1 is 1.44 bits per heavy atom. The Morgan fingerprint density at radius 3 is 2.94 bits per heavy atom. The van der Waals surface area contributed by atoms with Crippen LogP contribution in [0.25, 0.3) is 5.69 Å². The van der Waals surface area contributed by atoms with Crippen LogP contribution in [0.2, 0.25) is 5.02 Å². The molecule has 0 aliphatic heterocycles. The summed E-state index contributed by atoms with van der Waals surface area (Å²) in [5, 5.41) is 7.95. The van der Waals surface area contributed by atoms with Gasteiger partial charge in [0, 0.05) is 12.7 Å². The third kappa shape index (κ3) is 2.71. The minimum absolute atomic E-state index is 0.302. The first-order chi connectivity index (χ1) is 8.61. The van der Waals surface area contributed by atoms with Gasteiger partial charge >= 0.3 is 0 Å². The maximum Gasteiger partial charge on any atom is 0.127 e. The van der Waals surface area contributed by atoms with Crippen molar-refractivity contribution in [3.8, 4) is 5.69 Å². The lowest BCUT2D eigenvalue weighted by Gasteiger charge is -2.06. The fourth-order valence-corrected chi connectivity index (χ4v) is 1.90. The summed E-state index contributed by atoms with van der Waals surface area (Å²) in [6.45, 7) is 5.35. The molecule has 0 aliphatic rings. The van der Waals surface area contributed by atoms with Gasteiger partial charge in [-0.05, 0) is 37.2 Å². The zero-order valence-electron chi connectivity index (χ0n) is 10.4. The van der Waals surface area contributed by atoms with Crippen molar-refractivity contribution in [1.82, 2.24) is 15.1 Å². The van der Waals surface area contributed by atoms with Crippen LogP contribution >= 0.6 is 11.6 Å². The summed E-state index contributed by atoms with van der Waals surface area (Å²) in [4.78, 5) is 0. The second kappa shape index (κ2) is 5.50. The lowest BCUT2D eigenvalue weighted by atomic mass is 10.2. The van der Waals surface area contributed by atoms with Gasteiger partial charge in [0.05, 0.1) is 16.4 Å². The van der Waals surface area contributed by atoms with Crippen LogP contribution in [0, 0.1) is 12.7 Å². The van der Waals surface area contributed by atoms with Crippen LogP contribution in [-0.2, 0) is 6.54 Å². The van der Waals surface area contributed by atoms with E-state index in [0.29, 0.717) is 22.8 Å². The van der Waals surface area contributed by atoms with E-state index in [2.05, 4.69) is 10.4 Å². The molecule has 0 saturated carbocycles. The van der Waals surface area contributed by atoms with Gasteiger partial charge in [0.1, 0.15) is 5.82 Å². The maximum atomic E-state index is 13.3.